The van der Waals surface area contributed by atoms with E-state index in [1.165, 1.54) is 0 Å². The van der Waals surface area contributed by atoms with E-state index in [1.54, 1.807) is 6.21 Å². The molecule has 154 valence electrons. The highest BCUT2D eigenvalue weighted by Crippen LogP contribution is 2.33. The first-order chi connectivity index (χ1) is 15.9. The minimum absolute atomic E-state index is 0.718. The van der Waals surface area contributed by atoms with Crippen LogP contribution in [-0.2, 0) is 0 Å². The number of nitrogens with zero attached hydrogens (tertiary/aromatic N) is 3. The fraction of sp³-hybridized carbons (Fsp3) is 0. The lowest BCUT2D eigenvalue weighted by Gasteiger charge is -2.25. The van der Waals surface area contributed by atoms with E-state index in [0.29, 0.717) is 0 Å². The number of pyridine rings is 1. The Labute approximate surface area is 187 Å². The summed E-state index contributed by atoms with van der Waals surface area (Å²) in [6.07, 6.45) is 1.80. The van der Waals surface area contributed by atoms with E-state index in [4.69, 9.17) is 0 Å². The Morgan fingerprint density at radius 1 is 0.594 bits per heavy atom. The molecular weight excluding hydrogens is 392 g/mol. The second kappa shape index (κ2) is 9.14. The van der Waals surface area contributed by atoms with Gasteiger partial charge in [0.1, 0.15) is 5.82 Å². The molecule has 1 heterocycles. The van der Waals surface area contributed by atoms with Crippen LogP contribution in [0.1, 0.15) is 5.56 Å². The van der Waals surface area contributed by atoms with Gasteiger partial charge >= 0.3 is 0 Å². The van der Waals surface area contributed by atoms with E-state index < -0.39 is 0 Å². The number of benzene rings is 4. The molecule has 4 heteroatoms. The number of fused-ring (bicyclic) bond motifs is 1. The van der Waals surface area contributed by atoms with Crippen molar-refractivity contribution in [2.45, 2.75) is 0 Å². The molecule has 0 fully saturated rings. The summed E-state index contributed by atoms with van der Waals surface area (Å²) >= 11 is 0. The van der Waals surface area contributed by atoms with Gasteiger partial charge in [0.25, 0.3) is 0 Å². The summed E-state index contributed by atoms with van der Waals surface area (Å²) in [6, 6.07) is 41.1. The number of nitrogens with one attached hydrogen (secondary N) is 1. The molecule has 0 radical (unpaired) electrons. The van der Waals surface area contributed by atoms with Crippen molar-refractivity contribution in [1.82, 2.24) is 4.98 Å². The standard InChI is InChI=1S/C28H22N4/c1-3-10-24(11-4-1)32(25-12-5-2-6-13-25)26-18-15-22(16-19-26)21-29-31-28-20-17-23-9-7-8-14-27(23)30-28/h1-21H,(H,30,31). The Bertz CT molecular complexity index is 1290. The van der Waals surface area contributed by atoms with E-state index in [2.05, 4.69) is 93.2 Å². The molecule has 0 aliphatic carbocycles. The second-order valence-corrected chi connectivity index (χ2v) is 7.36. The molecule has 0 saturated carbocycles. The predicted octanol–water partition coefficient (Wildman–Crippen LogP) is 7.15. The fourth-order valence-electron chi connectivity index (χ4n) is 3.61. The number of anilines is 4. The van der Waals surface area contributed by atoms with Gasteiger partial charge in [-0.25, -0.2) is 4.98 Å². The highest BCUT2D eigenvalue weighted by atomic mass is 15.3. The molecule has 0 aliphatic heterocycles. The Kier molecular flexibility index (Phi) is 5.58. The van der Waals surface area contributed by atoms with Gasteiger partial charge in [-0.1, -0.05) is 66.7 Å². The van der Waals surface area contributed by atoms with Crippen LogP contribution in [0.15, 0.2) is 126 Å². The van der Waals surface area contributed by atoms with Gasteiger partial charge in [-0.2, -0.15) is 5.10 Å². The minimum atomic E-state index is 0.718. The third kappa shape index (κ3) is 4.35. The van der Waals surface area contributed by atoms with Crippen molar-refractivity contribution in [2.24, 2.45) is 5.10 Å². The Hall–Kier alpha value is -4.44. The SMILES string of the molecule is C(=NNc1ccc2ccccc2n1)c1ccc(N(c2ccccc2)c2ccccc2)cc1. The number of para-hydroxylation sites is 3. The fourth-order valence-corrected chi connectivity index (χ4v) is 3.61. The number of hydrogen-bond acceptors (Lipinski definition) is 4. The van der Waals surface area contributed by atoms with Crippen LogP contribution in [0, 0.1) is 0 Å². The van der Waals surface area contributed by atoms with Crippen molar-refractivity contribution >= 4 is 40.0 Å². The third-order valence-corrected chi connectivity index (χ3v) is 5.17. The first-order valence-electron chi connectivity index (χ1n) is 10.5. The molecule has 0 saturated heterocycles. The smallest absolute Gasteiger partial charge is 0.146 e. The van der Waals surface area contributed by atoms with Crippen LogP contribution < -0.4 is 10.3 Å². The minimum Gasteiger partial charge on any atom is -0.311 e. The Morgan fingerprint density at radius 3 is 1.88 bits per heavy atom. The van der Waals surface area contributed by atoms with E-state index >= 15 is 0 Å². The topological polar surface area (TPSA) is 40.5 Å². The van der Waals surface area contributed by atoms with Gasteiger partial charge in [0.15, 0.2) is 0 Å². The van der Waals surface area contributed by atoms with E-state index in [0.717, 1.165) is 39.3 Å². The molecule has 0 aliphatic rings. The van der Waals surface area contributed by atoms with Crippen molar-refractivity contribution in [3.8, 4) is 0 Å². The van der Waals surface area contributed by atoms with Gasteiger partial charge < -0.3 is 4.90 Å². The van der Waals surface area contributed by atoms with Crippen LogP contribution in [0.5, 0.6) is 0 Å². The molecule has 1 N–H and O–H groups in total. The van der Waals surface area contributed by atoms with Gasteiger partial charge in [0.2, 0.25) is 0 Å². The summed E-state index contributed by atoms with van der Waals surface area (Å²) in [6.45, 7) is 0. The molecule has 1 aromatic heterocycles. The number of hydrogen-bond donors (Lipinski definition) is 1. The zero-order valence-corrected chi connectivity index (χ0v) is 17.5. The zero-order valence-electron chi connectivity index (χ0n) is 17.5. The van der Waals surface area contributed by atoms with Gasteiger partial charge in [0, 0.05) is 22.4 Å². The van der Waals surface area contributed by atoms with Gasteiger partial charge in [-0.15, -0.1) is 0 Å². The molecule has 5 rings (SSSR count). The third-order valence-electron chi connectivity index (χ3n) is 5.17. The summed E-state index contributed by atoms with van der Waals surface area (Å²) in [5, 5.41) is 5.47. The van der Waals surface area contributed by atoms with Crippen molar-refractivity contribution < 1.29 is 0 Å². The van der Waals surface area contributed by atoms with E-state index in [-0.39, 0.29) is 0 Å². The quantitative estimate of drug-likeness (QED) is 0.237. The molecule has 0 spiro atoms. The van der Waals surface area contributed by atoms with Crippen LogP contribution >= 0.6 is 0 Å². The largest absolute Gasteiger partial charge is 0.311 e. The molecule has 0 atom stereocenters. The van der Waals surface area contributed by atoms with Crippen molar-refractivity contribution in [3.05, 3.63) is 127 Å². The molecule has 32 heavy (non-hydrogen) atoms. The average molecular weight is 415 g/mol. The summed E-state index contributed by atoms with van der Waals surface area (Å²) in [5.74, 6) is 0.718. The van der Waals surface area contributed by atoms with Crippen LogP contribution in [-0.4, -0.2) is 11.2 Å². The van der Waals surface area contributed by atoms with Crippen molar-refractivity contribution in [3.63, 3.8) is 0 Å². The first kappa shape index (κ1) is 19.5. The van der Waals surface area contributed by atoms with Crippen LogP contribution in [0.25, 0.3) is 10.9 Å². The summed E-state index contributed by atoms with van der Waals surface area (Å²) in [5.41, 5.74) is 8.29. The first-order valence-corrected chi connectivity index (χ1v) is 10.5. The van der Waals surface area contributed by atoms with Crippen LogP contribution in [0.3, 0.4) is 0 Å². The molecule has 5 aromatic rings. The lowest BCUT2D eigenvalue weighted by atomic mass is 10.1. The average Bonchev–Trinajstić information content (AvgIpc) is 2.86. The lowest BCUT2D eigenvalue weighted by Crippen LogP contribution is -2.09. The molecule has 4 nitrogen and oxygen atoms in total. The van der Waals surface area contributed by atoms with Gasteiger partial charge in [-0.3, -0.25) is 5.43 Å². The van der Waals surface area contributed by atoms with Gasteiger partial charge in [-0.05, 0) is 60.2 Å². The summed E-state index contributed by atoms with van der Waals surface area (Å²) in [7, 11) is 0. The summed E-state index contributed by atoms with van der Waals surface area (Å²) in [4.78, 5) is 6.81. The van der Waals surface area contributed by atoms with E-state index in [1.807, 2.05) is 48.5 Å². The Morgan fingerprint density at radius 2 is 1.19 bits per heavy atom. The highest BCUT2D eigenvalue weighted by molar-refractivity contribution is 5.83. The van der Waals surface area contributed by atoms with E-state index in [9.17, 15) is 0 Å². The Balaban J connectivity index is 1.35. The van der Waals surface area contributed by atoms with Crippen molar-refractivity contribution in [1.29, 1.82) is 0 Å². The van der Waals surface area contributed by atoms with Crippen LogP contribution in [0.2, 0.25) is 0 Å². The monoisotopic (exact) mass is 414 g/mol. The molecule has 0 unspecified atom stereocenters. The maximum absolute atomic E-state index is 4.58. The molecule has 4 aromatic carbocycles. The van der Waals surface area contributed by atoms with Gasteiger partial charge in [0.05, 0.1) is 11.7 Å². The summed E-state index contributed by atoms with van der Waals surface area (Å²) < 4.78 is 0. The predicted molar refractivity (Wildman–Crippen MR) is 134 cm³/mol. The number of rotatable bonds is 6. The number of hydrazone groups is 1. The number of aromatic nitrogens is 1. The van der Waals surface area contributed by atoms with Crippen molar-refractivity contribution in [2.75, 3.05) is 10.3 Å². The molecule has 0 amide bonds. The van der Waals surface area contributed by atoms with Crippen LogP contribution in [0.4, 0.5) is 22.9 Å². The normalized spacial score (nSPS) is 11.0. The highest BCUT2D eigenvalue weighted by Gasteiger charge is 2.11. The maximum atomic E-state index is 4.58. The molecule has 0 bridgehead atoms. The zero-order chi connectivity index (χ0) is 21.6. The lowest BCUT2D eigenvalue weighted by molar-refractivity contribution is 1.26. The second-order valence-electron chi connectivity index (χ2n) is 7.36. The maximum Gasteiger partial charge on any atom is 0.146 e. The molecular formula is C28H22N4.